The number of rotatable bonds is 2. The molecule has 0 unspecified atom stereocenters. The molecule has 0 spiro atoms. The first-order chi connectivity index (χ1) is 7.50. The third-order valence-corrected chi connectivity index (χ3v) is 4.33. The van der Waals surface area contributed by atoms with Crippen LogP contribution in [0.3, 0.4) is 0 Å². The van der Waals surface area contributed by atoms with Gasteiger partial charge in [0, 0.05) is 22.9 Å². The summed E-state index contributed by atoms with van der Waals surface area (Å²) in [5.74, 6) is -0.443. The largest absolute Gasteiger partial charge is 0.311 e. The first-order valence-electron chi connectivity index (χ1n) is 4.80. The normalized spacial score (nSPS) is 21.4. The van der Waals surface area contributed by atoms with Gasteiger partial charge in [-0.2, -0.15) is 0 Å². The summed E-state index contributed by atoms with van der Waals surface area (Å²) in [5, 5.41) is -1.10. The summed E-state index contributed by atoms with van der Waals surface area (Å²) in [4.78, 5) is 13.3. The molecule has 1 heterocycles. The highest BCUT2D eigenvalue weighted by Gasteiger charge is 2.40. The molecule has 1 aliphatic heterocycles. The second-order valence-electron chi connectivity index (χ2n) is 3.58. The summed E-state index contributed by atoms with van der Waals surface area (Å²) >= 11 is 0. The van der Waals surface area contributed by atoms with Crippen molar-refractivity contribution in [1.29, 1.82) is 0 Å². The molecule has 1 atom stereocenters. The van der Waals surface area contributed by atoms with E-state index in [1.165, 1.54) is 4.90 Å². The van der Waals surface area contributed by atoms with E-state index in [2.05, 4.69) is 0 Å². The van der Waals surface area contributed by atoms with Gasteiger partial charge >= 0.3 is 0 Å². The van der Waals surface area contributed by atoms with Crippen molar-refractivity contribution in [2.45, 2.75) is 11.7 Å². The Morgan fingerprint density at radius 1 is 1.25 bits per heavy atom. The lowest BCUT2D eigenvalue weighted by Gasteiger charge is -2.15. The maximum Gasteiger partial charge on any atom is 0.246 e. The highest BCUT2D eigenvalue weighted by Crippen LogP contribution is 2.26. The fourth-order valence-electron chi connectivity index (χ4n) is 1.78. The Kier molecular flexibility index (Phi) is 2.90. The minimum atomic E-state index is -3.81. The standard InChI is InChI=1S/C10H10ClNO3S/c11-16(14,15)9-6-7-12(10(9)13)8-4-2-1-3-5-8/h1-5,9H,6-7H2/t9-/m1/s1. The van der Waals surface area contributed by atoms with Crippen LogP contribution in [0.15, 0.2) is 30.3 Å². The second-order valence-corrected chi connectivity index (χ2v) is 6.39. The van der Waals surface area contributed by atoms with E-state index in [1.807, 2.05) is 6.07 Å². The topological polar surface area (TPSA) is 54.5 Å². The lowest BCUT2D eigenvalue weighted by Crippen LogP contribution is -2.31. The second kappa shape index (κ2) is 4.07. The molecule has 16 heavy (non-hydrogen) atoms. The molecule has 1 aliphatic rings. The third kappa shape index (κ3) is 2.05. The molecule has 1 fully saturated rings. The van der Waals surface area contributed by atoms with Gasteiger partial charge in [-0.15, -0.1) is 0 Å². The van der Waals surface area contributed by atoms with E-state index in [0.717, 1.165) is 0 Å². The number of para-hydroxylation sites is 1. The van der Waals surface area contributed by atoms with Gasteiger partial charge < -0.3 is 4.90 Å². The highest BCUT2D eigenvalue weighted by atomic mass is 35.7. The zero-order valence-electron chi connectivity index (χ0n) is 8.34. The van der Waals surface area contributed by atoms with Crippen LogP contribution in [0.2, 0.25) is 0 Å². The van der Waals surface area contributed by atoms with Gasteiger partial charge in [0.25, 0.3) is 0 Å². The molecular weight excluding hydrogens is 250 g/mol. The molecule has 1 saturated heterocycles. The van der Waals surface area contributed by atoms with E-state index < -0.39 is 20.2 Å². The zero-order chi connectivity index (χ0) is 11.8. The number of carbonyl (C=O) groups excluding carboxylic acids is 1. The number of nitrogens with zero attached hydrogens (tertiary/aromatic N) is 1. The predicted octanol–water partition coefficient (Wildman–Crippen LogP) is 1.36. The van der Waals surface area contributed by atoms with Gasteiger partial charge in [-0.3, -0.25) is 4.79 Å². The Bertz CT molecular complexity index is 500. The summed E-state index contributed by atoms with van der Waals surface area (Å²) in [5.41, 5.74) is 0.704. The van der Waals surface area contributed by atoms with Crippen LogP contribution in [-0.4, -0.2) is 26.1 Å². The van der Waals surface area contributed by atoms with Crippen molar-refractivity contribution in [1.82, 2.24) is 0 Å². The molecule has 1 aromatic carbocycles. The van der Waals surface area contributed by atoms with Gasteiger partial charge in [0.05, 0.1) is 0 Å². The molecule has 2 rings (SSSR count). The highest BCUT2D eigenvalue weighted by molar-refractivity contribution is 8.14. The number of hydrogen-bond donors (Lipinski definition) is 0. The average Bonchev–Trinajstić information content (AvgIpc) is 2.61. The Balaban J connectivity index is 2.27. The molecule has 0 N–H and O–H groups in total. The fourth-order valence-corrected chi connectivity index (χ4v) is 3.03. The van der Waals surface area contributed by atoms with E-state index in [9.17, 15) is 13.2 Å². The monoisotopic (exact) mass is 259 g/mol. The van der Waals surface area contributed by atoms with Crippen molar-refractivity contribution >= 4 is 31.3 Å². The molecule has 0 aliphatic carbocycles. The SMILES string of the molecule is O=C1[C@H](S(=O)(=O)Cl)CCN1c1ccccc1. The Morgan fingerprint density at radius 3 is 2.38 bits per heavy atom. The number of carbonyl (C=O) groups is 1. The van der Waals surface area contributed by atoms with E-state index in [4.69, 9.17) is 10.7 Å². The molecular formula is C10H10ClNO3S. The van der Waals surface area contributed by atoms with Crippen LogP contribution in [0.25, 0.3) is 0 Å². The van der Waals surface area contributed by atoms with Crippen LogP contribution in [0, 0.1) is 0 Å². The van der Waals surface area contributed by atoms with Gasteiger partial charge in [-0.1, -0.05) is 18.2 Å². The van der Waals surface area contributed by atoms with Gasteiger partial charge in [-0.25, -0.2) is 8.42 Å². The number of halogens is 1. The van der Waals surface area contributed by atoms with Crippen LogP contribution in [0.5, 0.6) is 0 Å². The van der Waals surface area contributed by atoms with Crippen molar-refractivity contribution < 1.29 is 13.2 Å². The molecule has 1 amide bonds. The Hall–Kier alpha value is -1.07. The van der Waals surface area contributed by atoms with Crippen LogP contribution >= 0.6 is 10.7 Å². The summed E-state index contributed by atoms with van der Waals surface area (Å²) in [6.45, 7) is 0.388. The van der Waals surface area contributed by atoms with Crippen molar-refractivity contribution in [2.75, 3.05) is 11.4 Å². The van der Waals surface area contributed by atoms with Crippen molar-refractivity contribution in [3.8, 4) is 0 Å². The van der Waals surface area contributed by atoms with Crippen molar-refractivity contribution in [3.63, 3.8) is 0 Å². The summed E-state index contributed by atoms with van der Waals surface area (Å²) in [7, 11) is 1.40. The van der Waals surface area contributed by atoms with Crippen LogP contribution < -0.4 is 4.90 Å². The fraction of sp³-hybridized carbons (Fsp3) is 0.300. The van der Waals surface area contributed by atoms with E-state index in [-0.39, 0.29) is 6.42 Å². The van der Waals surface area contributed by atoms with Crippen molar-refractivity contribution in [3.05, 3.63) is 30.3 Å². The summed E-state index contributed by atoms with van der Waals surface area (Å²) in [6, 6.07) is 8.96. The molecule has 0 saturated carbocycles. The average molecular weight is 260 g/mol. The maximum atomic E-state index is 11.8. The smallest absolute Gasteiger partial charge is 0.246 e. The van der Waals surface area contributed by atoms with E-state index in [1.54, 1.807) is 24.3 Å². The lowest BCUT2D eigenvalue weighted by atomic mass is 10.3. The maximum absolute atomic E-state index is 11.8. The molecule has 4 nitrogen and oxygen atoms in total. The van der Waals surface area contributed by atoms with Crippen molar-refractivity contribution in [2.24, 2.45) is 0 Å². The van der Waals surface area contributed by atoms with Gasteiger partial charge in [0.15, 0.2) is 5.25 Å². The molecule has 86 valence electrons. The predicted molar refractivity (Wildman–Crippen MR) is 62.0 cm³/mol. The molecule has 0 bridgehead atoms. The molecule has 0 aromatic heterocycles. The minimum Gasteiger partial charge on any atom is -0.311 e. The third-order valence-electron chi connectivity index (χ3n) is 2.56. The van der Waals surface area contributed by atoms with Crippen LogP contribution in [0.1, 0.15) is 6.42 Å². The number of benzene rings is 1. The first-order valence-corrected chi connectivity index (χ1v) is 7.17. The van der Waals surface area contributed by atoms with Gasteiger partial charge in [-0.05, 0) is 18.6 Å². The Morgan fingerprint density at radius 2 is 1.88 bits per heavy atom. The Labute approximate surface area is 98.2 Å². The molecule has 1 aromatic rings. The number of hydrogen-bond acceptors (Lipinski definition) is 3. The van der Waals surface area contributed by atoms with E-state index in [0.29, 0.717) is 12.2 Å². The van der Waals surface area contributed by atoms with Gasteiger partial charge in [0.1, 0.15) is 0 Å². The lowest BCUT2D eigenvalue weighted by molar-refractivity contribution is -0.116. The van der Waals surface area contributed by atoms with E-state index >= 15 is 0 Å². The molecule has 6 heteroatoms. The quantitative estimate of drug-likeness (QED) is 0.754. The van der Waals surface area contributed by atoms with Crippen LogP contribution in [0.4, 0.5) is 5.69 Å². The number of anilines is 1. The summed E-state index contributed by atoms with van der Waals surface area (Å²) < 4.78 is 22.3. The van der Waals surface area contributed by atoms with Gasteiger partial charge in [0.2, 0.25) is 15.0 Å². The van der Waals surface area contributed by atoms with Crippen LogP contribution in [-0.2, 0) is 13.8 Å². The number of amides is 1. The molecule has 0 radical (unpaired) electrons. The first kappa shape index (κ1) is 11.4. The zero-order valence-corrected chi connectivity index (χ0v) is 9.91. The minimum absolute atomic E-state index is 0.250. The summed E-state index contributed by atoms with van der Waals surface area (Å²) in [6.07, 6.45) is 0.250.